The average molecular weight is 344 g/mol. The first-order chi connectivity index (χ1) is 12.0. The average Bonchev–Trinajstić information content (AvgIpc) is 3.20. The second kappa shape index (κ2) is 7.39. The molecule has 3 rings (SSSR count). The zero-order valence-corrected chi connectivity index (χ0v) is 15.4. The molecule has 0 radical (unpaired) electrons. The number of carbonyl (C=O) groups is 1. The number of nitrogens with one attached hydrogen (secondary N) is 2. The van der Waals surface area contributed by atoms with E-state index in [1.54, 1.807) is 6.20 Å². The van der Waals surface area contributed by atoms with Gasteiger partial charge in [0.15, 0.2) is 0 Å². The molecule has 1 fully saturated rings. The number of rotatable bonds is 8. The van der Waals surface area contributed by atoms with E-state index in [4.69, 9.17) is 0 Å². The normalized spacial score (nSPS) is 17.9. The van der Waals surface area contributed by atoms with E-state index in [-0.39, 0.29) is 24.5 Å². The second-order valence-electron chi connectivity index (χ2n) is 7.20. The highest BCUT2D eigenvalue weighted by Gasteiger charge is 2.30. The van der Waals surface area contributed by atoms with Crippen LogP contribution in [0, 0.1) is 12.8 Å². The predicted octanol–water partition coefficient (Wildman–Crippen LogP) is 2.54. The van der Waals surface area contributed by atoms with E-state index in [2.05, 4.69) is 41.6 Å². The van der Waals surface area contributed by atoms with Crippen LogP contribution in [0.3, 0.4) is 0 Å². The fraction of sp³-hybridized carbons (Fsp3) is 0.611. The summed E-state index contributed by atoms with van der Waals surface area (Å²) in [5.74, 6) is 1.40. The second-order valence-corrected chi connectivity index (χ2v) is 7.20. The smallest absolute Gasteiger partial charge is 0.239 e. The molecular formula is C18H28N6O. The Morgan fingerprint density at radius 2 is 2.08 bits per heavy atom. The van der Waals surface area contributed by atoms with Crippen LogP contribution in [0.2, 0.25) is 0 Å². The summed E-state index contributed by atoms with van der Waals surface area (Å²) in [6.45, 7) is 8.60. The number of anilines is 1. The van der Waals surface area contributed by atoms with Crippen LogP contribution in [0.25, 0.3) is 0 Å². The van der Waals surface area contributed by atoms with Crippen molar-refractivity contribution in [2.75, 3.05) is 11.9 Å². The first kappa shape index (κ1) is 17.7. The molecule has 3 unspecified atom stereocenters. The number of hydrogen-bond donors (Lipinski definition) is 2. The standard InChI is InChI=1S/C18H28N6O/c1-12-9-21-23(11-12)14(3)13(2)19-10-18(25)22-17-7-8-20-24(17)15(4)16-5-6-16/h7-9,11,13-16,19H,5-6,10H2,1-4H3,(H,22,25). The lowest BCUT2D eigenvalue weighted by Gasteiger charge is -2.22. The predicted molar refractivity (Wildman–Crippen MR) is 97.4 cm³/mol. The number of nitrogens with zero attached hydrogens (tertiary/aromatic N) is 4. The van der Waals surface area contributed by atoms with Crippen molar-refractivity contribution in [1.82, 2.24) is 24.9 Å². The maximum Gasteiger partial charge on any atom is 0.239 e. The van der Waals surface area contributed by atoms with Crippen LogP contribution in [0.1, 0.15) is 51.3 Å². The fourth-order valence-electron chi connectivity index (χ4n) is 3.01. The molecule has 136 valence electrons. The monoisotopic (exact) mass is 344 g/mol. The molecule has 25 heavy (non-hydrogen) atoms. The molecule has 1 aliphatic rings. The minimum atomic E-state index is -0.0551. The van der Waals surface area contributed by atoms with Gasteiger partial charge in [0.05, 0.1) is 31.0 Å². The molecule has 7 heteroatoms. The molecule has 1 saturated carbocycles. The summed E-state index contributed by atoms with van der Waals surface area (Å²) in [7, 11) is 0. The van der Waals surface area contributed by atoms with Gasteiger partial charge >= 0.3 is 0 Å². The van der Waals surface area contributed by atoms with Crippen LogP contribution < -0.4 is 10.6 Å². The summed E-state index contributed by atoms with van der Waals surface area (Å²) < 4.78 is 3.85. The summed E-state index contributed by atoms with van der Waals surface area (Å²) in [5.41, 5.74) is 1.13. The Labute approximate surface area is 148 Å². The summed E-state index contributed by atoms with van der Waals surface area (Å²) in [6.07, 6.45) is 8.10. The molecular weight excluding hydrogens is 316 g/mol. The molecule has 0 aromatic carbocycles. The highest BCUT2D eigenvalue weighted by molar-refractivity contribution is 5.91. The first-order valence-electron chi connectivity index (χ1n) is 9.03. The van der Waals surface area contributed by atoms with Crippen molar-refractivity contribution in [3.05, 3.63) is 30.2 Å². The van der Waals surface area contributed by atoms with Crippen molar-refractivity contribution in [3.8, 4) is 0 Å². The van der Waals surface area contributed by atoms with Crippen LogP contribution in [-0.2, 0) is 4.79 Å². The van der Waals surface area contributed by atoms with Crippen molar-refractivity contribution < 1.29 is 4.79 Å². The Morgan fingerprint density at radius 1 is 1.32 bits per heavy atom. The van der Waals surface area contributed by atoms with E-state index in [1.807, 2.05) is 34.7 Å². The summed E-state index contributed by atoms with van der Waals surface area (Å²) in [5, 5.41) is 15.0. The Hall–Kier alpha value is -2.15. The molecule has 3 atom stereocenters. The SMILES string of the molecule is Cc1cnn(C(C)C(C)NCC(=O)Nc2ccnn2C(C)C2CC2)c1. The lowest BCUT2D eigenvalue weighted by Crippen LogP contribution is -2.39. The van der Waals surface area contributed by atoms with Gasteiger partial charge in [0, 0.05) is 18.3 Å². The van der Waals surface area contributed by atoms with Crippen LogP contribution >= 0.6 is 0 Å². The van der Waals surface area contributed by atoms with Crippen molar-refractivity contribution in [1.29, 1.82) is 0 Å². The first-order valence-corrected chi connectivity index (χ1v) is 9.03. The third-order valence-electron chi connectivity index (χ3n) is 5.08. The third-order valence-corrected chi connectivity index (χ3v) is 5.08. The number of amides is 1. The van der Waals surface area contributed by atoms with Gasteiger partial charge in [-0.3, -0.25) is 9.48 Å². The van der Waals surface area contributed by atoms with Gasteiger partial charge in [-0.2, -0.15) is 10.2 Å². The molecule has 0 bridgehead atoms. The lowest BCUT2D eigenvalue weighted by atomic mass is 10.2. The Bertz CT molecular complexity index is 717. The van der Waals surface area contributed by atoms with E-state index in [0.29, 0.717) is 12.0 Å². The topological polar surface area (TPSA) is 76.8 Å². The van der Waals surface area contributed by atoms with Crippen LogP contribution in [0.5, 0.6) is 0 Å². The molecule has 7 nitrogen and oxygen atoms in total. The van der Waals surface area contributed by atoms with Gasteiger partial charge in [-0.15, -0.1) is 0 Å². The summed E-state index contributed by atoms with van der Waals surface area (Å²) >= 11 is 0. The number of carbonyl (C=O) groups excluding carboxylic acids is 1. The van der Waals surface area contributed by atoms with Crippen molar-refractivity contribution in [2.24, 2.45) is 5.92 Å². The lowest BCUT2D eigenvalue weighted by molar-refractivity contribution is -0.115. The molecule has 0 saturated heterocycles. The van der Waals surface area contributed by atoms with Crippen LogP contribution in [-0.4, -0.2) is 38.1 Å². The molecule has 2 aromatic heterocycles. The van der Waals surface area contributed by atoms with E-state index >= 15 is 0 Å². The van der Waals surface area contributed by atoms with Gasteiger partial charge in [-0.25, -0.2) is 4.68 Å². The van der Waals surface area contributed by atoms with Gasteiger partial charge in [-0.1, -0.05) is 0 Å². The summed E-state index contributed by atoms with van der Waals surface area (Å²) in [6, 6.07) is 2.48. The highest BCUT2D eigenvalue weighted by atomic mass is 16.2. The molecule has 2 aromatic rings. The van der Waals surface area contributed by atoms with E-state index in [1.165, 1.54) is 12.8 Å². The highest BCUT2D eigenvalue weighted by Crippen LogP contribution is 2.40. The summed E-state index contributed by atoms with van der Waals surface area (Å²) in [4.78, 5) is 12.3. The molecule has 0 spiro atoms. The van der Waals surface area contributed by atoms with Gasteiger partial charge in [0.2, 0.25) is 5.91 Å². The third kappa shape index (κ3) is 4.28. The molecule has 0 aliphatic heterocycles. The fourth-order valence-corrected chi connectivity index (χ4v) is 3.01. The zero-order valence-electron chi connectivity index (χ0n) is 15.4. The Kier molecular flexibility index (Phi) is 5.22. The molecule has 1 aliphatic carbocycles. The van der Waals surface area contributed by atoms with Gasteiger partial charge in [0.1, 0.15) is 5.82 Å². The Balaban J connectivity index is 1.50. The van der Waals surface area contributed by atoms with Crippen LogP contribution in [0.15, 0.2) is 24.7 Å². The van der Waals surface area contributed by atoms with Crippen molar-refractivity contribution in [3.63, 3.8) is 0 Å². The number of aromatic nitrogens is 4. The minimum absolute atomic E-state index is 0.0551. The minimum Gasteiger partial charge on any atom is -0.310 e. The maximum absolute atomic E-state index is 12.3. The van der Waals surface area contributed by atoms with Gasteiger partial charge in [0.25, 0.3) is 0 Å². The van der Waals surface area contributed by atoms with E-state index in [9.17, 15) is 4.79 Å². The van der Waals surface area contributed by atoms with Gasteiger partial charge < -0.3 is 10.6 Å². The van der Waals surface area contributed by atoms with Crippen LogP contribution in [0.4, 0.5) is 5.82 Å². The van der Waals surface area contributed by atoms with Gasteiger partial charge in [-0.05, 0) is 52.0 Å². The quantitative estimate of drug-likeness (QED) is 0.771. The van der Waals surface area contributed by atoms with E-state index in [0.717, 1.165) is 11.4 Å². The molecule has 1 amide bonds. The van der Waals surface area contributed by atoms with E-state index < -0.39 is 0 Å². The number of aryl methyl sites for hydroxylation is 1. The maximum atomic E-state index is 12.3. The van der Waals surface area contributed by atoms with Crippen molar-refractivity contribution in [2.45, 2.75) is 58.7 Å². The molecule has 2 heterocycles. The molecule has 2 N–H and O–H groups in total. The largest absolute Gasteiger partial charge is 0.310 e. The van der Waals surface area contributed by atoms with Crippen molar-refractivity contribution >= 4 is 11.7 Å². The number of hydrogen-bond acceptors (Lipinski definition) is 4. The zero-order chi connectivity index (χ0) is 18.0. The Morgan fingerprint density at radius 3 is 2.72 bits per heavy atom.